The van der Waals surface area contributed by atoms with Gasteiger partial charge in [-0.25, -0.2) is 9.79 Å². The van der Waals surface area contributed by atoms with E-state index >= 15 is 0 Å². The molecular weight excluding hydrogens is 711 g/mol. The lowest BCUT2D eigenvalue weighted by atomic mass is 9.97. The summed E-state index contributed by atoms with van der Waals surface area (Å²) in [5, 5.41) is 0. The molecule has 1 aromatic heterocycles. The molecule has 2 aliphatic rings. The lowest BCUT2D eigenvalue weighted by molar-refractivity contribution is -0.136. The highest BCUT2D eigenvalue weighted by atomic mass is 127. The van der Waals surface area contributed by atoms with E-state index in [-0.39, 0.29) is 17.9 Å². The molecule has 0 N–H and O–H groups in total. The van der Waals surface area contributed by atoms with E-state index in [1.165, 1.54) is 29.2 Å². The Kier molecular flexibility index (Phi) is 9.12. The van der Waals surface area contributed by atoms with Gasteiger partial charge in [0.15, 0.2) is 27.8 Å². The van der Waals surface area contributed by atoms with Gasteiger partial charge in [-0.15, -0.1) is 0 Å². The number of carbonyl (C=O) groups is 1. The standard InChI is InChI=1S/C33H29IN2O8S/c1-4-40-25-11-8-21(15-28(25)41-5-2)30-22(32(38)39-3)16-35-33-36(30)31(37)29(45-33)14-19-6-9-24(23(34)12-19)42-17-20-7-10-26-27(13-20)44-18-43-26/h6-16,30H,4-5,17-18H2,1-3H3/b29-14-/t30-/m1/s1. The molecule has 0 aliphatic carbocycles. The summed E-state index contributed by atoms with van der Waals surface area (Å²) in [6, 6.07) is 16.1. The fourth-order valence-electron chi connectivity index (χ4n) is 5.05. The monoisotopic (exact) mass is 740 g/mol. The number of aromatic nitrogens is 1. The first-order valence-electron chi connectivity index (χ1n) is 14.2. The zero-order valence-corrected chi connectivity index (χ0v) is 27.7. The third kappa shape index (κ3) is 6.29. The van der Waals surface area contributed by atoms with Crippen LogP contribution in [-0.4, -0.2) is 37.7 Å². The fourth-order valence-corrected chi connectivity index (χ4v) is 6.72. The molecule has 0 fully saturated rings. The minimum atomic E-state index is -0.766. The number of halogens is 1. The van der Waals surface area contributed by atoms with Crippen molar-refractivity contribution in [3.8, 4) is 28.7 Å². The number of hydrogen-bond acceptors (Lipinski definition) is 10. The summed E-state index contributed by atoms with van der Waals surface area (Å²) in [5.74, 6) is 2.69. The lowest BCUT2D eigenvalue weighted by Crippen LogP contribution is -2.39. The number of methoxy groups -OCH3 is 1. The highest BCUT2D eigenvalue weighted by Gasteiger charge is 2.31. The summed E-state index contributed by atoms with van der Waals surface area (Å²) < 4.78 is 36.4. The maximum atomic E-state index is 13.9. The number of fused-ring (bicyclic) bond motifs is 2. The van der Waals surface area contributed by atoms with Crippen LogP contribution < -0.4 is 38.6 Å². The van der Waals surface area contributed by atoms with Crippen LogP contribution in [0.3, 0.4) is 0 Å². The van der Waals surface area contributed by atoms with Gasteiger partial charge in [-0.05, 0) is 95.6 Å². The van der Waals surface area contributed by atoms with Crippen LogP contribution in [0.2, 0.25) is 0 Å². The van der Waals surface area contributed by atoms with Crippen LogP contribution in [0.4, 0.5) is 0 Å². The third-order valence-corrected chi connectivity index (χ3v) is 8.93. The third-order valence-electron chi connectivity index (χ3n) is 7.09. The second-order valence-electron chi connectivity index (χ2n) is 9.91. The number of benzene rings is 3. The Morgan fingerprint density at radius 2 is 1.78 bits per heavy atom. The van der Waals surface area contributed by atoms with Crippen molar-refractivity contribution in [1.82, 2.24) is 4.57 Å². The van der Waals surface area contributed by atoms with Crippen molar-refractivity contribution < 1.29 is 33.2 Å². The molecule has 0 bridgehead atoms. The summed E-state index contributed by atoms with van der Waals surface area (Å²) in [4.78, 5) is 31.7. The van der Waals surface area contributed by atoms with Crippen molar-refractivity contribution >= 4 is 46.0 Å². The Morgan fingerprint density at radius 3 is 2.56 bits per heavy atom. The zero-order valence-electron chi connectivity index (χ0n) is 24.7. The zero-order chi connectivity index (χ0) is 31.5. The van der Waals surface area contributed by atoms with Crippen molar-refractivity contribution in [3.63, 3.8) is 0 Å². The molecule has 10 nitrogen and oxygen atoms in total. The first kappa shape index (κ1) is 30.7. The van der Waals surface area contributed by atoms with Gasteiger partial charge in [0.05, 0.1) is 40.0 Å². The first-order chi connectivity index (χ1) is 21.9. The van der Waals surface area contributed by atoms with E-state index in [0.29, 0.717) is 52.0 Å². The number of rotatable bonds is 10. The van der Waals surface area contributed by atoms with Crippen LogP contribution in [0.15, 0.2) is 76.2 Å². The molecular formula is C33H29IN2O8S. The molecule has 0 amide bonds. The molecule has 232 valence electrons. The molecule has 1 atom stereocenters. The smallest absolute Gasteiger partial charge is 0.337 e. The maximum Gasteiger partial charge on any atom is 0.337 e. The first-order valence-corrected chi connectivity index (χ1v) is 16.1. The average Bonchev–Trinajstić information content (AvgIpc) is 3.64. The van der Waals surface area contributed by atoms with Crippen molar-refractivity contribution in [2.24, 2.45) is 4.99 Å². The predicted octanol–water partition coefficient (Wildman–Crippen LogP) is 4.73. The minimum Gasteiger partial charge on any atom is -0.490 e. The van der Waals surface area contributed by atoms with Crippen LogP contribution in [0.25, 0.3) is 6.08 Å². The van der Waals surface area contributed by atoms with Crippen molar-refractivity contribution in [2.45, 2.75) is 26.5 Å². The van der Waals surface area contributed by atoms with Crippen molar-refractivity contribution in [1.29, 1.82) is 0 Å². The minimum absolute atomic E-state index is 0.223. The molecule has 6 rings (SSSR count). The number of ether oxygens (including phenoxy) is 6. The van der Waals surface area contributed by atoms with Gasteiger partial charge in [-0.2, -0.15) is 0 Å². The predicted molar refractivity (Wildman–Crippen MR) is 176 cm³/mol. The Morgan fingerprint density at radius 1 is 1.00 bits per heavy atom. The summed E-state index contributed by atoms with van der Waals surface area (Å²) >= 11 is 3.47. The maximum absolute atomic E-state index is 13.9. The SMILES string of the molecule is CCOc1ccc([C@@H]2C(C(=O)OC)=CN=c3s/c(=C\c4ccc(OCc5ccc6c(c5)OCO6)c(I)c4)c(=O)n32)cc1OCC. The topological polar surface area (TPSA) is 107 Å². The van der Waals surface area contributed by atoms with Gasteiger partial charge < -0.3 is 28.4 Å². The second-order valence-corrected chi connectivity index (χ2v) is 12.1. The van der Waals surface area contributed by atoms with E-state index in [2.05, 4.69) is 27.6 Å². The molecule has 2 aliphatic heterocycles. The van der Waals surface area contributed by atoms with Crippen molar-refractivity contribution in [2.75, 3.05) is 27.1 Å². The molecule has 0 spiro atoms. The Labute approximate surface area is 276 Å². The van der Waals surface area contributed by atoms with E-state index in [1.807, 2.05) is 62.4 Å². The van der Waals surface area contributed by atoms with Gasteiger partial charge in [0, 0.05) is 6.20 Å². The molecule has 4 aromatic rings. The van der Waals surface area contributed by atoms with Gasteiger partial charge in [-0.3, -0.25) is 9.36 Å². The van der Waals surface area contributed by atoms with Crippen LogP contribution in [0.5, 0.6) is 28.7 Å². The molecule has 12 heteroatoms. The van der Waals surface area contributed by atoms with E-state index in [0.717, 1.165) is 26.2 Å². The quantitative estimate of drug-likeness (QED) is 0.170. The molecule has 0 radical (unpaired) electrons. The van der Waals surface area contributed by atoms with Crippen LogP contribution in [-0.2, 0) is 16.1 Å². The van der Waals surface area contributed by atoms with Crippen LogP contribution >= 0.6 is 33.9 Å². The van der Waals surface area contributed by atoms with E-state index in [9.17, 15) is 9.59 Å². The normalized spacial score (nSPS) is 15.2. The number of nitrogens with zero attached hydrogens (tertiary/aromatic N) is 2. The molecule has 0 saturated heterocycles. The highest BCUT2D eigenvalue weighted by molar-refractivity contribution is 14.1. The van der Waals surface area contributed by atoms with Gasteiger partial charge in [0.25, 0.3) is 5.56 Å². The molecule has 45 heavy (non-hydrogen) atoms. The van der Waals surface area contributed by atoms with Crippen LogP contribution in [0.1, 0.15) is 36.6 Å². The molecule has 3 heterocycles. The van der Waals surface area contributed by atoms with Gasteiger partial charge in [-0.1, -0.05) is 29.5 Å². The van der Waals surface area contributed by atoms with Gasteiger partial charge in [0.2, 0.25) is 6.79 Å². The summed E-state index contributed by atoms with van der Waals surface area (Å²) in [7, 11) is 1.30. The molecule has 0 unspecified atom stereocenters. The lowest BCUT2D eigenvalue weighted by Gasteiger charge is -2.23. The number of esters is 1. The highest BCUT2D eigenvalue weighted by Crippen LogP contribution is 2.35. The number of thiazole rings is 1. The Bertz CT molecular complexity index is 1980. The number of hydrogen-bond donors (Lipinski definition) is 0. The average molecular weight is 741 g/mol. The van der Waals surface area contributed by atoms with E-state index in [1.54, 1.807) is 12.1 Å². The summed E-state index contributed by atoms with van der Waals surface area (Å²) in [5.41, 5.74) is 2.41. The van der Waals surface area contributed by atoms with Gasteiger partial charge in [0.1, 0.15) is 12.4 Å². The fraction of sp³-hybridized carbons (Fsp3) is 0.242. The van der Waals surface area contributed by atoms with Crippen molar-refractivity contribution in [3.05, 3.63) is 106 Å². The largest absolute Gasteiger partial charge is 0.490 e. The van der Waals surface area contributed by atoms with Crippen LogP contribution in [0, 0.1) is 3.57 Å². The molecule has 0 saturated carbocycles. The summed E-state index contributed by atoms with van der Waals surface area (Å²) in [6.07, 6.45) is 3.29. The van der Waals surface area contributed by atoms with E-state index in [4.69, 9.17) is 28.4 Å². The van der Waals surface area contributed by atoms with Gasteiger partial charge >= 0.3 is 5.97 Å². The summed E-state index contributed by atoms with van der Waals surface area (Å²) in [6.45, 7) is 5.25. The van der Waals surface area contributed by atoms with E-state index < -0.39 is 12.0 Å². The molecule has 3 aromatic carbocycles. The second kappa shape index (κ2) is 13.4. The Hall–Kier alpha value is -4.30. The Balaban J connectivity index is 1.32. The number of carbonyl (C=O) groups excluding carboxylic acids is 1.